The van der Waals surface area contributed by atoms with E-state index in [2.05, 4.69) is 18.8 Å². The molecule has 1 rings (SSSR count). The Hall–Kier alpha value is -1.29. The van der Waals surface area contributed by atoms with Gasteiger partial charge in [0.1, 0.15) is 0 Å². The molecule has 4 heteroatoms. The molecule has 0 radical (unpaired) electrons. The molecule has 0 spiro atoms. The van der Waals surface area contributed by atoms with Gasteiger partial charge in [-0.15, -0.1) is 0 Å². The van der Waals surface area contributed by atoms with Gasteiger partial charge in [-0.3, -0.25) is 4.98 Å². The Morgan fingerprint density at radius 1 is 1.19 bits per heavy atom. The van der Waals surface area contributed by atoms with Gasteiger partial charge in [-0.25, -0.2) is 0 Å². The Bertz CT molecular complexity index is 254. The van der Waals surface area contributed by atoms with Crippen molar-refractivity contribution in [1.82, 2.24) is 4.98 Å². The molecule has 16 heavy (non-hydrogen) atoms. The van der Waals surface area contributed by atoms with Crippen LogP contribution in [-0.4, -0.2) is 26.0 Å². The van der Waals surface area contributed by atoms with Crippen LogP contribution in [0, 0.1) is 0 Å². The summed E-state index contributed by atoms with van der Waals surface area (Å²) < 4.78 is 14.9. The number of pyridine rings is 1. The lowest BCUT2D eigenvalue weighted by Gasteiger charge is -2.07. The quantitative estimate of drug-likeness (QED) is 0.744. The van der Waals surface area contributed by atoms with Crippen LogP contribution >= 0.6 is 0 Å². The minimum atomic E-state index is 0. The number of ether oxygens (including phenoxy) is 3. The molecule has 94 valence electrons. The first-order valence-corrected chi connectivity index (χ1v) is 4.89. The maximum Gasteiger partial charge on any atom is 0.189 e. The molecule has 0 bridgehead atoms. The number of nitrogens with zero attached hydrogens (tertiary/aromatic N) is 1. The van der Waals surface area contributed by atoms with Crippen LogP contribution in [0.1, 0.15) is 27.7 Å². The van der Waals surface area contributed by atoms with E-state index >= 15 is 0 Å². The zero-order valence-corrected chi connectivity index (χ0v) is 9.82. The van der Waals surface area contributed by atoms with Crippen molar-refractivity contribution in [2.45, 2.75) is 27.7 Å². The standard InChI is InChI=1S/C8H11NO3.C3H8.CH4/c1-10-6-12-8-5-9-4-3-7(8)11-2;1-3-2;/h3-5H,6H2,1-2H3;3H2,1-2H3;1H4. The summed E-state index contributed by atoms with van der Waals surface area (Å²) in [6.45, 7) is 4.45. The molecule has 1 aromatic rings. The van der Waals surface area contributed by atoms with E-state index in [9.17, 15) is 0 Å². The van der Waals surface area contributed by atoms with Crippen LogP contribution in [0.25, 0.3) is 0 Å². The van der Waals surface area contributed by atoms with Gasteiger partial charge in [-0.2, -0.15) is 0 Å². The van der Waals surface area contributed by atoms with Crippen LogP contribution in [0.5, 0.6) is 11.5 Å². The summed E-state index contributed by atoms with van der Waals surface area (Å²) in [5.74, 6) is 1.24. The third-order valence-corrected chi connectivity index (χ3v) is 1.30. The molecule has 0 atom stereocenters. The van der Waals surface area contributed by atoms with Crippen molar-refractivity contribution in [2.24, 2.45) is 0 Å². The molecule has 1 heterocycles. The fraction of sp³-hybridized carbons (Fsp3) is 0.583. The minimum absolute atomic E-state index is 0. The Kier molecular flexibility index (Phi) is 12.6. The molecule has 0 aliphatic rings. The van der Waals surface area contributed by atoms with Crippen LogP contribution < -0.4 is 9.47 Å². The van der Waals surface area contributed by atoms with Crippen molar-refractivity contribution in [1.29, 1.82) is 0 Å². The molecule has 0 fully saturated rings. The highest BCUT2D eigenvalue weighted by molar-refractivity contribution is 5.36. The number of aromatic nitrogens is 1. The molecule has 4 nitrogen and oxygen atoms in total. The molecule has 0 saturated heterocycles. The number of methoxy groups -OCH3 is 2. The summed E-state index contributed by atoms with van der Waals surface area (Å²) in [5.41, 5.74) is 0. The second kappa shape index (κ2) is 11.8. The Balaban J connectivity index is 0. The van der Waals surface area contributed by atoms with Crippen molar-refractivity contribution >= 4 is 0 Å². The van der Waals surface area contributed by atoms with Gasteiger partial charge in [-0.1, -0.05) is 27.7 Å². The fourth-order valence-corrected chi connectivity index (χ4v) is 0.767. The molecular weight excluding hydrogens is 206 g/mol. The van der Waals surface area contributed by atoms with Gasteiger partial charge in [0, 0.05) is 19.4 Å². The molecule has 0 unspecified atom stereocenters. The average Bonchev–Trinajstić information content (AvgIpc) is 2.28. The van der Waals surface area contributed by atoms with Crippen LogP contribution in [0.2, 0.25) is 0 Å². The van der Waals surface area contributed by atoms with Crippen molar-refractivity contribution in [3.8, 4) is 11.5 Å². The van der Waals surface area contributed by atoms with Gasteiger partial charge >= 0.3 is 0 Å². The number of hydrogen-bond acceptors (Lipinski definition) is 4. The summed E-state index contributed by atoms with van der Waals surface area (Å²) in [4.78, 5) is 3.89. The summed E-state index contributed by atoms with van der Waals surface area (Å²) in [6, 6.07) is 1.73. The zero-order chi connectivity index (χ0) is 11.5. The van der Waals surface area contributed by atoms with E-state index in [4.69, 9.17) is 14.2 Å². The zero-order valence-electron chi connectivity index (χ0n) is 9.82. The van der Waals surface area contributed by atoms with Gasteiger partial charge in [0.05, 0.1) is 13.3 Å². The van der Waals surface area contributed by atoms with Gasteiger partial charge in [-0.05, 0) is 0 Å². The van der Waals surface area contributed by atoms with Crippen molar-refractivity contribution in [3.63, 3.8) is 0 Å². The van der Waals surface area contributed by atoms with E-state index in [1.165, 1.54) is 6.42 Å². The van der Waals surface area contributed by atoms with Gasteiger partial charge in [0.2, 0.25) is 0 Å². The van der Waals surface area contributed by atoms with Crippen molar-refractivity contribution < 1.29 is 14.2 Å². The molecule has 0 saturated carbocycles. The highest BCUT2D eigenvalue weighted by Crippen LogP contribution is 2.24. The summed E-state index contributed by atoms with van der Waals surface area (Å²) in [7, 11) is 3.14. The predicted molar refractivity (Wildman–Crippen MR) is 66.0 cm³/mol. The number of hydrogen-bond donors (Lipinski definition) is 0. The van der Waals surface area contributed by atoms with Crippen molar-refractivity contribution in [2.75, 3.05) is 21.0 Å². The Morgan fingerprint density at radius 3 is 2.31 bits per heavy atom. The second-order valence-corrected chi connectivity index (χ2v) is 2.78. The molecular formula is C12H23NO3. The van der Waals surface area contributed by atoms with Gasteiger partial charge in [0.15, 0.2) is 18.3 Å². The van der Waals surface area contributed by atoms with E-state index in [1.54, 1.807) is 32.7 Å². The molecule has 0 aromatic carbocycles. The largest absolute Gasteiger partial charge is 0.493 e. The van der Waals surface area contributed by atoms with Crippen LogP contribution in [0.15, 0.2) is 18.5 Å². The lowest BCUT2D eigenvalue weighted by atomic mass is 10.4. The lowest BCUT2D eigenvalue weighted by molar-refractivity contribution is 0.0489. The van der Waals surface area contributed by atoms with E-state index in [0.29, 0.717) is 11.5 Å². The summed E-state index contributed by atoms with van der Waals surface area (Å²) >= 11 is 0. The molecule has 0 aliphatic carbocycles. The fourth-order valence-electron chi connectivity index (χ4n) is 0.767. The van der Waals surface area contributed by atoms with E-state index in [-0.39, 0.29) is 14.2 Å². The maximum absolute atomic E-state index is 5.17. The van der Waals surface area contributed by atoms with Crippen LogP contribution in [0.3, 0.4) is 0 Å². The first-order chi connectivity index (χ1) is 7.29. The smallest absolute Gasteiger partial charge is 0.189 e. The molecule has 1 aromatic heterocycles. The van der Waals surface area contributed by atoms with Crippen LogP contribution in [0.4, 0.5) is 0 Å². The number of rotatable bonds is 4. The van der Waals surface area contributed by atoms with Gasteiger partial charge < -0.3 is 14.2 Å². The third kappa shape index (κ3) is 7.06. The van der Waals surface area contributed by atoms with Crippen molar-refractivity contribution in [3.05, 3.63) is 18.5 Å². The SMILES string of the molecule is C.CCC.COCOc1cnccc1OC. The summed E-state index contributed by atoms with van der Waals surface area (Å²) in [6.07, 6.45) is 4.47. The Labute approximate surface area is 98.6 Å². The monoisotopic (exact) mass is 229 g/mol. The lowest BCUT2D eigenvalue weighted by Crippen LogP contribution is -2.00. The van der Waals surface area contributed by atoms with E-state index in [1.807, 2.05) is 0 Å². The third-order valence-electron chi connectivity index (χ3n) is 1.30. The minimum Gasteiger partial charge on any atom is -0.493 e. The normalized spacial score (nSPS) is 8.25. The first kappa shape index (κ1) is 17.1. The maximum atomic E-state index is 5.17. The Morgan fingerprint density at radius 2 is 1.81 bits per heavy atom. The van der Waals surface area contributed by atoms with E-state index in [0.717, 1.165) is 0 Å². The predicted octanol–water partition coefficient (Wildman–Crippen LogP) is 3.13. The topological polar surface area (TPSA) is 40.6 Å². The second-order valence-electron chi connectivity index (χ2n) is 2.78. The average molecular weight is 229 g/mol. The highest BCUT2D eigenvalue weighted by Gasteiger charge is 2.01. The molecule has 0 amide bonds. The van der Waals surface area contributed by atoms with Crippen LogP contribution in [-0.2, 0) is 4.74 Å². The highest BCUT2D eigenvalue weighted by atomic mass is 16.7. The molecule has 0 N–H and O–H groups in total. The first-order valence-electron chi connectivity index (χ1n) is 4.89. The summed E-state index contributed by atoms with van der Waals surface area (Å²) in [5, 5.41) is 0. The van der Waals surface area contributed by atoms with Gasteiger partial charge in [0.25, 0.3) is 0 Å². The van der Waals surface area contributed by atoms with E-state index < -0.39 is 0 Å². The molecule has 0 aliphatic heterocycles.